The second-order valence-electron chi connectivity index (χ2n) is 5.46. The monoisotopic (exact) mass is 324 g/mol. The van der Waals surface area contributed by atoms with E-state index in [-0.39, 0.29) is 11.9 Å². The van der Waals surface area contributed by atoms with Crippen LogP contribution in [0.5, 0.6) is 0 Å². The van der Waals surface area contributed by atoms with E-state index in [0.717, 1.165) is 16.8 Å². The topological polar surface area (TPSA) is 32.7 Å². The molecule has 1 heterocycles. The summed E-state index contributed by atoms with van der Waals surface area (Å²) in [6.07, 6.45) is 4.76. The molecule has 1 amide bonds. The van der Waals surface area contributed by atoms with Gasteiger partial charge < -0.3 is 0 Å². The molecule has 4 heteroatoms. The van der Waals surface area contributed by atoms with Crippen molar-refractivity contribution >= 4 is 29.3 Å². The largest absolute Gasteiger partial charge is 0.273 e. The fourth-order valence-corrected chi connectivity index (χ4v) is 2.71. The van der Waals surface area contributed by atoms with E-state index in [2.05, 4.69) is 5.10 Å². The molecule has 1 unspecified atom stereocenters. The van der Waals surface area contributed by atoms with Gasteiger partial charge in [0.05, 0.1) is 11.8 Å². The van der Waals surface area contributed by atoms with Gasteiger partial charge in [-0.1, -0.05) is 66.2 Å². The summed E-state index contributed by atoms with van der Waals surface area (Å²) >= 11 is 5.93. The van der Waals surface area contributed by atoms with Crippen LogP contribution < -0.4 is 0 Å². The zero-order valence-corrected chi connectivity index (χ0v) is 13.6. The third-order valence-electron chi connectivity index (χ3n) is 3.76. The molecule has 0 bridgehead atoms. The van der Waals surface area contributed by atoms with Gasteiger partial charge in [0.25, 0.3) is 0 Å². The number of hydrogen-bond donors (Lipinski definition) is 0. The number of amides is 1. The van der Waals surface area contributed by atoms with Crippen molar-refractivity contribution in [2.75, 3.05) is 0 Å². The molecular weight excluding hydrogens is 308 g/mol. The summed E-state index contributed by atoms with van der Waals surface area (Å²) in [5, 5.41) is 6.72. The van der Waals surface area contributed by atoms with E-state index in [1.165, 1.54) is 6.92 Å². The zero-order valence-electron chi connectivity index (χ0n) is 12.8. The molecule has 0 radical (unpaired) electrons. The first-order valence-electron chi connectivity index (χ1n) is 7.50. The van der Waals surface area contributed by atoms with Crippen molar-refractivity contribution < 1.29 is 4.79 Å². The minimum atomic E-state index is -0.0586. The molecule has 3 nitrogen and oxygen atoms in total. The maximum absolute atomic E-state index is 11.9. The summed E-state index contributed by atoms with van der Waals surface area (Å²) in [6, 6.07) is 17.5. The SMILES string of the molecule is CC(=O)N1N=C(c2ccc(Cl)cc2)CC1/C=C/c1ccccc1. The highest BCUT2D eigenvalue weighted by molar-refractivity contribution is 6.30. The number of carbonyl (C=O) groups excluding carboxylic acids is 1. The van der Waals surface area contributed by atoms with Gasteiger partial charge >= 0.3 is 0 Å². The van der Waals surface area contributed by atoms with Crippen molar-refractivity contribution in [3.8, 4) is 0 Å². The molecule has 0 saturated heterocycles. The van der Waals surface area contributed by atoms with Crippen LogP contribution in [0.25, 0.3) is 6.08 Å². The van der Waals surface area contributed by atoms with Gasteiger partial charge in [-0.05, 0) is 23.3 Å². The lowest BCUT2D eigenvalue weighted by Crippen LogP contribution is -2.29. The van der Waals surface area contributed by atoms with Gasteiger partial charge in [0, 0.05) is 18.4 Å². The third-order valence-corrected chi connectivity index (χ3v) is 4.01. The second-order valence-corrected chi connectivity index (χ2v) is 5.89. The van der Waals surface area contributed by atoms with Crippen LogP contribution in [0, 0.1) is 0 Å². The summed E-state index contributed by atoms with van der Waals surface area (Å²) in [6.45, 7) is 1.54. The Balaban J connectivity index is 1.81. The van der Waals surface area contributed by atoms with Crippen LogP contribution in [0.4, 0.5) is 0 Å². The zero-order chi connectivity index (χ0) is 16.2. The number of halogens is 1. The highest BCUT2D eigenvalue weighted by Crippen LogP contribution is 2.23. The average molecular weight is 325 g/mol. The number of nitrogens with zero attached hydrogens (tertiary/aromatic N) is 2. The molecule has 0 saturated carbocycles. The lowest BCUT2D eigenvalue weighted by atomic mass is 10.0. The maximum atomic E-state index is 11.9. The van der Waals surface area contributed by atoms with E-state index in [0.29, 0.717) is 11.4 Å². The van der Waals surface area contributed by atoms with E-state index in [1.54, 1.807) is 5.01 Å². The Morgan fingerprint density at radius 3 is 2.52 bits per heavy atom. The Morgan fingerprint density at radius 1 is 1.17 bits per heavy atom. The first kappa shape index (κ1) is 15.5. The molecule has 0 fully saturated rings. The van der Waals surface area contributed by atoms with Crippen LogP contribution >= 0.6 is 11.6 Å². The number of hydrazone groups is 1. The molecule has 116 valence electrons. The van der Waals surface area contributed by atoms with Gasteiger partial charge in [-0.15, -0.1) is 0 Å². The fourth-order valence-electron chi connectivity index (χ4n) is 2.59. The summed E-state index contributed by atoms with van der Waals surface area (Å²) in [5.41, 5.74) is 3.01. The van der Waals surface area contributed by atoms with Crippen molar-refractivity contribution in [2.24, 2.45) is 5.10 Å². The summed E-state index contributed by atoms with van der Waals surface area (Å²) < 4.78 is 0. The summed E-state index contributed by atoms with van der Waals surface area (Å²) in [7, 11) is 0. The Morgan fingerprint density at radius 2 is 1.87 bits per heavy atom. The second kappa shape index (κ2) is 6.80. The van der Waals surface area contributed by atoms with E-state index in [9.17, 15) is 4.79 Å². The van der Waals surface area contributed by atoms with Crippen molar-refractivity contribution in [3.05, 3.63) is 76.8 Å². The Bertz CT molecular complexity index is 751. The summed E-state index contributed by atoms with van der Waals surface area (Å²) in [5.74, 6) is -0.0586. The van der Waals surface area contributed by atoms with Crippen LogP contribution in [0.15, 0.2) is 65.8 Å². The van der Waals surface area contributed by atoms with Crippen molar-refractivity contribution in [1.82, 2.24) is 5.01 Å². The Labute approximate surface area is 140 Å². The molecular formula is C19H17ClN2O. The Kier molecular flexibility index (Phi) is 4.58. The van der Waals surface area contributed by atoms with Crippen LogP contribution in [-0.2, 0) is 4.79 Å². The van der Waals surface area contributed by atoms with Crippen LogP contribution in [-0.4, -0.2) is 22.7 Å². The molecule has 0 spiro atoms. The van der Waals surface area contributed by atoms with Crippen molar-refractivity contribution in [1.29, 1.82) is 0 Å². The quantitative estimate of drug-likeness (QED) is 0.824. The highest BCUT2D eigenvalue weighted by Gasteiger charge is 2.27. The maximum Gasteiger partial charge on any atom is 0.240 e. The lowest BCUT2D eigenvalue weighted by Gasteiger charge is -2.16. The smallest absolute Gasteiger partial charge is 0.240 e. The first-order chi connectivity index (χ1) is 11.1. The van der Waals surface area contributed by atoms with Gasteiger partial charge in [-0.3, -0.25) is 4.79 Å². The molecule has 23 heavy (non-hydrogen) atoms. The normalized spacial score (nSPS) is 17.6. The van der Waals surface area contributed by atoms with E-state index in [1.807, 2.05) is 66.7 Å². The van der Waals surface area contributed by atoms with Crippen molar-refractivity contribution in [2.45, 2.75) is 19.4 Å². The van der Waals surface area contributed by atoms with E-state index in [4.69, 9.17) is 11.6 Å². The van der Waals surface area contributed by atoms with Gasteiger partial charge in [-0.25, -0.2) is 5.01 Å². The first-order valence-corrected chi connectivity index (χ1v) is 7.88. The molecule has 1 aliphatic heterocycles. The van der Waals surface area contributed by atoms with Gasteiger partial charge in [0.15, 0.2) is 0 Å². The van der Waals surface area contributed by atoms with E-state index < -0.39 is 0 Å². The van der Waals surface area contributed by atoms with E-state index >= 15 is 0 Å². The molecule has 0 N–H and O–H groups in total. The predicted octanol–water partition coefficient (Wildman–Crippen LogP) is 4.38. The molecule has 0 aromatic heterocycles. The predicted molar refractivity (Wildman–Crippen MR) is 94.4 cm³/mol. The Hall–Kier alpha value is -2.39. The minimum absolute atomic E-state index is 0.0571. The molecule has 1 aliphatic rings. The number of hydrogen-bond acceptors (Lipinski definition) is 2. The highest BCUT2D eigenvalue weighted by atomic mass is 35.5. The number of carbonyl (C=O) groups is 1. The number of rotatable bonds is 3. The third kappa shape index (κ3) is 3.69. The number of benzene rings is 2. The summed E-state index contributed by atoms with van der Waals surface area (Å²) in [4.78, 5) is 11.9. The average Bonchev–Trinajstić information content (AvgIpc) is 2.99. The van der Waals surface area contributed by atoms with Gasteiger partial charge in [-0.2, -0.15) is 5.10 Å². The molecule has 3 rings (SSSR count). The molecule has 0 aliphatic carbocycles. The lowest BCUT2D eigenvalue weighted by molar-refractivity contribution is -0.129. The van der Waals surface area contributed by atoms with Crippen LogP contribution in [0.1, 0.15) is 24.5 Å². The molecule has 1 atom stereocenters. The minimum Gasteiger partial charge on any atom is -0.273 e. The fraction of sp³-hybridized carbons (Fsp3) is 0.158. The standard InChI is InChI=1S/C19H17ClN2O/c1-14(23)22-18(12-7-15-5-3-2-4-6-15)13-19(21-22)16-8-10-17(20)11-9-16/h2-12,18H,13H2,1H3/b12-7+. The molecule has 2 aromatic rings. The van der Waals surface area contributed by atoms with Gasteiger partial charge in [0.2, 0.25) is 5.91 Å². The van der Waals surface area contributed by atoms with Crippen LogP contribution in [0.2, 0.25) is 5.02 Å². The molecule has 2 aromatic carbocycles. The van der Waals surface area contributed by atoms with Crippen LogP contribution in [0.3, 0.4) is 0 Å². The van der Waals surface area contributed by atoms with Gasteiger partial charge in [0.1, 0.15) is 0 Å². The van der Waals surface area contributed by atoms with Crippen molar-refractivity contribution in [3.63, 3.8) is 0 Å².